The average molecular weight is 419 g/mol. The minimum absolute atomic E-state index is 0.00369. The van der Waals surface area contributed by atoms with E-state index in [1.54, 1.807) is 6.07 Å². The van der Waals surface area contributed by atoms with Crippen LogP contribution in [0.4, 0.5) is 0 Å². The molecule has 0 fully saturated rings. The Bertz CT molecular complexity index is 1470. The van der Waals surface area contributed by atoms with Crippen LogP contribution < -0.4 is 10.5 Å². The first-order valence-corrected chi connectivity index (χ1v) is 10.3. The van der Waals surface area contributed by atoms with Crippen molar-refractivity contribution in [3.63, 3.8) is 0 Å². The summed E-state index contributed by atoms with van der Waals surface area (Å²) in [6, 6.07) is 29.2. The fourth-order valence-corrected chi connectivity index (χ4v) is 4.06. The highest BCUT2D eigenvalue weighted by Crippen LogP contribution is 2.31. The topological polar surface area (TPSA) is 81.1 Å². The van der Waals surface area contributed by atoms with Crippen LogP contribution in [0.25, 0.3) is 21.7 Å². The van der Waals surface area contributed by atoms with E-state index in [9.17, 15) is 4.79 Å². The summed E-state index contributed by atoms with van der Waals surface area (Å²) in [5.41, 5.74) is 8.79. The third-order valence-electron chi connectivity index (χ3n) is 5.60. The van der Waals surface area contributed by atoms with Gasteiger partial charge in [-0.15, -0.1) is 0 Å². The van der Waals surface area contributed by atoms with Crippen LogP contribution in [0.3, 0.4) is 0 Å². The predicted octanol–water partition coefficient (Wildman–Crippen LogP) is 5.73. The van der Waals surface area contributed by atoms with Crippen molar-refractivity contribution in [3.05, 3.63) is 108 Å². The van der Waals surface area contributed by atoms with Crippen molar-refractivity contribution in [1.82, 2.24) is 4.57 Å². The van der Waals surface area contributed by atoms with Crippen molar-refractivity contribution in [1.29, 1.82) is 5.41 Å². The number of nitrogens with zero attached hydrogens (tertiary/aromatic N) is 1. The maximum Gasteiger partial charge on any atom is 0.166 e. The van der Waals surface area contributed by atoms with Crippen LogP contribution in [0.2, 0.25) is 0 Å². The second-order valence-electron chi connectivity index (χ2n) is 7.68. The summed E-state index contributed by atoms with van der Waals surface area (Å²) in [5, 5.41) is 10.9. The molecule has 0 aliphatic carbocycles. The first kappa shape index (κ1) is 19.6. The second-order valence-corrected chi connectivity index (χ2v) is 7.68. The van der Waals surface area contributed by atoms with Gasteiger partial charge in [-0.1, -0.05) is 54.6 Å². The molecule has 5 rings (SSSR count). The molecule has 1 aromatic heterocycles. The molecular weight excluding hydrogens is 398 g/mol. The number of nitrogens with two attached hydrogens (primary N) is 1. The molecule has 156 valence electrons. The first-order chi connectivity index (χ1) is 15.6. The van der Waals surface area contributed by atoms with E-state index >= 15 is 0 Å². The van der Waals surface area contributed by atoms with Crippen molar-refractivity contribution < 1.29 is 9.53 Å². The summed E-state index contributed by atoms with van der Waals surface area (Å²) >= 11 is 0. The summed E-state index contributed by atoms with van der Waals surface area (Å²) < 4.78 is 8.08. The van der Waals surface area contributed by atoms with Gasteiger partial charge < -0.3 is 15.0 Å². The number of benzene rings is 4. The van der Waals surface area contributed by atoms with Crippen LogP contribution in [0.1, 0.15) is 21.6 Å². The number of nitrogen functional groups attached to an aromatic ring is 1. The SMILES string of the molecule is N=C(N)c1ccc2cc(C=O)n(Cc3cc(Oc4ccccc4)cc4ccccc34)c2c1. The summed E-state index contributed by atoms with van der Waals surface area (Å²) in [7, 11) is 0. The van der Waals surface area contributed by atoms with Gasteiger partial charge in [-0.2, -0.15) is 0 Å². The molecule has 0 aliphatic heterocycles. The molecule has 0 amide bonds. The number of aromatic nitrogens is 1. The number of ether oxygens (including phenoxy) is 1. The number of rotatable bonds is 6. The number of hydrogen-bond acceptors (Lipinski definition) is 3. The zero-order valence-electron chi connectivity index (χ0n) is 17.3. The Hall–Kier alpha value is -4.38. The van der Waals surface area contributed by atoms with Gasteiger partial charge in [0.15, 0.2) is 6.29 Å². The highest BCUT2D eigenvalue weighted by molar-refractivity contribution is 6.00. The van der Waals surface area contributed by atoms with E-state index in [4.69, 9.17) is 15.9 Å². The molecule has 0 radical (unpaired) electrons. The predicted molar refractivity (Wildman–Crippen MR) is 128 cm³/mol. The van der Waals surface area contributed by atoms with Crippen molar-refractivity contribution in [3.8, 4) is 11.5 Å². The van der Waals surface area contributed by atoms with Gasteiger partial charge in [0, 0.05) is 23.0 Å². The Labute approximate surface area is 185 Å². The average Bonchev–Trinajstić information content (AvgIpc) is 3.16. The number of amidine groups is 1. The molecule has 0 spiro atoms. The quantitative estimate of drug-likeness (QED) is 0.209. The number of aldehydes is 1. The lowest BCUT2D eigenvalue weighted by molar-refractivity contribution is 0.111. The van der Waals surface area contributed by atoms with Crippen LogP contribution in [-0.4, -0.2) is 16.7 Å². The molecule has 0 atom stereocenters. The van der Waals surface area contributed by atoms with Gasteiger partial charge in [-0.25, -0.2) is 0 Å². The van der Waals surface area contributed by atoms with Crippen LogP contribution in [-0.2, 0) is 6.54 Å². The fourth-order valence-electron chi connectivity index (χ4n) is 4.06. The van der Waals surface area contributed by atoms with E-state index in [0.29, 0.717) is 17.8 Å². The van der Waals surface area contributed by atoms with Crippen LogP contribution in [0, 0.1) is 5.41 Å². The number of fused-ring (bicyclic) bond motifs is 2. The van der Waals surface area contributed by atoms with Gasteiger partial charge in [0.1, 0.15) is 17.3 Å². The van der Waals surface area contributed by atoms with E-state index in [1.165, 1.54) is 0 Å². The van der Waals surface area contributed by atoms with E-state index in [0.717, 1.165) is 45.0 Å². The molecular formula is C27H21N3O2. The molecule has 0 aliphatic rings. The first-order valence-electron chi connectivity index (χ1n) is 10.3. The standard InChI is InChI=1S/C27H21N3O2/c28-27(29)20-11-10-19-12-22(17-31)30(26(19)15-20)16-21-14-24(32-23-7-2-1-3-8-23)13-18-6-4-5-9-25(18)21/h1-15,17H,16H2,(H3,28,29). The number of carbonyl (C=O) groups is 1. The molecule has 1 heterocycles. The molecule has 0 saturated heterocycles. The van der Waals surface area contributed by atoms with Gasteiger partial charge in [-0.3, -0.25) is 10.2 Å². The zero-order valence-corrected chi connectivity index (χ0v) is 17.3. The third-order valence-corrected chi connectivity index (χ3v) is 5.60. The Morgan fingerprint density at radius 3 is 2.44 bits per heavy atom. The maximum atomic E-state index is 11.9. The minimum atomic E-state index is -0.00369. The van der Waals surface area contributed by atoms with E-state index in [1.807, 2.05) is 77.4 Å². The molecule has 5 heteroatoms. The maximum absolute atomic E-state index is 11.9. The van der Waals surface area contributed by atoms with Crippen molar-refractivity contribution in [2.24, 2.45) is 5.73 Å². The van der Waals surface area contributed by atoms with Crippen molar-refractivity contribution in [2.45, 2.75) is 6.54 Å². The van der Waals surface area contributed by atoms with Gasteiger partial charge >= 0.3 is 0 Å². The second kappa shape index (κ2) is 8.04. The monoisotopic (exact) mass is 419 g/mol. The van der Waals surface area contributed by atoms with Gasteiger partial charge in [0.25, 0.3) is 0 Å². The smallest absolute Gasteiger partial charge is 0.166 e. The van der Waals surface area contributed by atoms with Crippen molar-refractivity contribution >= 4 is 33.8 Å². The lowest BCUT2D eigenvalue weighted by Gasteiger charge is -2.14. The number of carbonyl (C=O) groups excluding carboxylic acids is 1. The molecule has 5 aromatic rings. The van der Waals surface area contributed by atoms with Crippen LogP contribution in [0.15, 0.2) is 91.0 Å². The Balaban J connectivity index is 1.65. The zero-order chi connectivity index (χ0) is 22.1. The van der Waals surface area contributed by atoms with Gasteiger partial charge in [-0.05, 0) is 52.7 Å². The van der Waals surface area contributed by atoms with E-state index in [2.05, 4.69) is 12.1 Å². The molecule has 32 heavy (non-hydrogen) atoms. The molecule has 0 unspecified atom stereocenters. The highest BCUT2D eigenvalue weighted by Gasteiger charge is 2.13. The summed E-state index contributed by atoms with van der Waals surface area (Å²) in [6.45, 7) is 0.478. The molecule has 0 saturated carbocycles. The van der Waals surface area contributed by atoms with Gasteiger partial charge in [0.05, 0.1) is 5.69 Å². The van der Waals surface area contributed by atoms with E-state index < -0.39 is 0 Å². The normalized spacial score (nSPS) is 11.0. The lowest BCUT2D eigenvalue weighted by atomic mass is 10.0. The Kier molecular flexibility index (Phi) is 4.92. The highest BCUT2D eigenvalue weighted by atomic mass is 16.5. The molecule has 0 bridgehead atoms. The Morgan fingerprint density at radius 2 is 1.66 bits per heavy atom. The van der Waals surface area contributed by atoms with Crippen LogP contribution >= 0.6 is 0 Å². The van der Waals surface area contributed by atoms with Crippen molar-refractivity contribution in [2.75, 3.05) is 0 Å². The molecule has 4 aromatic carbocycles. The summed E-state index contributed by atoms with van der Waals surface area (Å²) in [5.74, 6) is 1.49. The lowest BCUT2D eigenvalue weighted by Crippen LogP contribution is -2.11. The van der Waals surface area contributed by atoms with Gasteiger partial charge in [0.2, 0.25) is 0 Å². The Morgan fingerprint density at radius 1 is 0.875 bits per heavy atom. The largest absolute Gasteiger partial charge is 0.457 e. The molecule has 5 nitrogen and oxygen atoms in total. The summed E-state index contributed by atoms with van der Waals surface area (Å²) in [4.78, 5) is 11.9. The third kappa shape index (κ3) is 3.61. The minimum Gasteiger partial charge on any atom is -0.457 e. The summed E-state index contributed by atoms with van der Waals surface area (Å²) in [6.07, 6.45) is 0.861. The number of para-hydroxylation sites is 1. The number of hydrogen-bond donors (Lipinski definition) is 2. The fraction of sp³-hybridized carbons (Fsp3) is 0.0370. The molecule has 3 N–H and O–H groups in total. The van der Waals surface area contributed by atoms with Crippen LogP contribution in [0.5, 0.6) is 11.5 Å². The number of nitrogens with one attached hydrogen (secondary N) is 1. The van der Waals surface area contributed by atoms with E-state index in [-0.39, 0.29) is 5.84 Å².